The van der Waals surface area contributed by atoms with Gasteiger partial charge in [0.1, 0.15) is 5.82 Å². The summed E-state index contributed by atoms with van der Waals surface area (Å²) >= 11 is 0. The van der Waals surface area contributed by atoms with E-state index in [0.29, 0.717) is 11.8 Å². The number of hydrogen-bond acceptors (Lipinski definition) is 3. The Bertz CT molecular complexity index is 546. The number of nitrogens with one attached hydrogen (secondary N) is 1. The zero-order valence-corrected chi connectivity index (χ0v) is 13.0. The van der Waals surface area contributed by atoms with E-state index in [2.05, 4.69) is 19.2 Å². The molecule has 1 fully saturated rings. The molecule has 1 saturated carbocycles. The van der Waals surface area contributed by atoms with Crippen molar-refractivity contribution in [1.82, 2.24) is 5.32 Å². The van der Waals surface area contributed by atoms with Crippen LogP contribution in [-0.4, -0.2) is 24.5 Å². The number of hydrogen-bond donors (Lipinski definition) is 1. The lowest BCUT2D eigenvalue weighted by Crippen LogP contribution is -2.45. The van der Waals surface area contributed by atoms with Gasteiger partial charge in [-0.05, 0) is 30.4 Å². The highest BCUT2D eigenvalue weighted by molar-refractivity contribution is 5.91. The van der Waals surface area contributed by atoms with Crippen LogP contribution in [0.25, 0.3) is 0 Å². The van der Waals surface area contributed by atoms with Crippen molar-refractivity contribution in [3.05, 3.63) is 35.6 Å². The zero-order valence-electron chi connectivity index (χ0n) is 13.0. The highest BCUT2D eigenvalue weighted by Crippen LogP contribution is 2.29. The molecule has 1 amide bonds. The van der Waals surface area contributed by atoms with Gasteiger partial charge in [0, 0.05) is 6.04 Å². The van der Waals surface area contributed by atoms with E-state index < -0.39 is 11.8 Å². The lowest BCUT2D eigenvalue weighted by molar-refractivity contribution is -0.125. The summed E-state index contributed by atoms with van der Waals surface area (Å²) in [6.45, 7) is 3.92. The second-order valence-corrected chi connectivity index (χ2v) is 6.00. The lowest BCUT2D eigenvalue weighted by atomic mass is 9.78. The molecule has 0 heterocycles. The van der Waals surface area contributed by atoms with Crippen LogP contribution >= 0.6 is 0 Å². The maximum absolute atomic E-state index is 13.4. The van der Waals surface area contributed by atoms with Gasteiger partial charge >= 0.3 is 5.97 Å². The van der Waals surface area contributed by atoms with Crippen molar-refractivity contribution >= 4 is 11.9 Å². The molecule has 0 bridgehead atoms. The van der Waals surface area contributed by atoms with Crippen LogP contribution in [0.4, 0.5) is 4.39 Å². The van der Waals surface area contributed by atoms with Crippen molar-refractivity contribution in [2.75, 3.05) is 6.61 Å². The highest BCUT2D eigenvalue weighted by atomic mass is 19.1. The molecule has 0 radical (unpaired) electrons. The van der Waals surface area contributed by atoms with Crippen molar-refractivity contribution in [2.24, 2.45) is 11.8 Å². The van der Waals surface area contributed by atoms with Crippen LogP contribution in [-0.2, 0) is 9.53 Å². The highest BCUT2D eigenvalue weighted by Gasteiger charge is 2.28. The van der Waals surface area contributed by atoms with E-state index in [0.717, 1.165) is 12.8 Å². The fourth-order valence-electron chi connectivity index (χ4n) is 2.87. The normalized spacial score (nSPS) is 24.6. The van der Waals surface area contributed by atoms with Gasteiger partial charge in [0.2, 0.25) is 0 Å². The molecule has 4 nitrogen and oxygen atoms in total. The number of carbonyl (C=O) groups is 2. The first-order valence-corrected chi connectivity index (χ1v) is 7.70. The molecule has 0 spiro atoms. The Hall–Kier alpha value is -1.91. The van der Waals surface area contributed by atoms with Gasteiger partial charge in [-0.15, -0.1) is 0 Å². The van der Waals surface area contributed by atoms with Gasteiger partial charge < -0.3 is 10.1 Å². The first-order valence-electron chi connectivity index (χ1n) is 7.70. The average molecular weight is 307 g/mol. The van der Waals surface area contributed by atoms with Crippen LogP contribution < -0.4 is 5.32 Å². The van der Waals surface area contributed by atoms with Crippen LogP contribution in [0, 0.1) is 17.7 Å². The summed E-state index contributed by atoms with van der Waals surface area (Å²) in [6.07, 6.45) is 3.21. The molecule has 0 aliphatic heterocycles. The second-order valence-electron chi connectivity index (χ2n) is 6.00. The molecule has 3 unspecified atom stereocenters. The van der Waals surface area contributed by atoms with Gasteiger partial charge in [-0.2, -0.15) is 0 Å². The molecule has 120 valence electrons. The molecule has 1 aliphatic carbocycles. The summed E-state index contributed by atoms with van der Waals surface area (Å²) in [4.78, 5) is 23.6. The van der Waals surface area contributed by atoms with E-state index >= 15 is 0 Å². The third-order valence-corrected chi connectivity index (χ3v) is 4.48. The third kappa shape index (κ3) is 4.06. The molecule has 1 aliphatic rings. The van der Waals surface area contributed by atoms with E-state index in [1.807, 2.05) is 0 Å². The van der Waals surface area contributed by atoms with Crippen LogP contribution in [0.2, 0.25) is 0 Å². The van der Waals surface area contributed by atoms with Crippen LogP contribution in [0.5, 0.6) is 0 Å². The molecular weight excluding hydrogens is 285 g/mol. The smallest absolute Gasteiger partial charge is 0.341 e. The molecule has 5 heteroatoms. The molecule has 1 N–H and O–H groups in total. The number of amides is 1. The lowest BCUT2D eigenvalue weighted by Gasteiger charge is -2.34. The number of benzene rings is 1. The largest absolute Gasteiger partial charge is 0.452 e. The fourth-order valence-corrected chi connectivity index (χ4v) is 2.87. The molecule has 0 aromatic heterocycles. The topological polar surface area (TPSA) is 55.4 Å². The monoisotopic (exact) mass is 307 g/mol. The van der Waals surface area contributed by atoms with Gasteiger partial charge in [-0.25, -0.2) is 9.18 Å². The van der Waals surface area contributed by atoms with Crippen LogP contribution in [0.15, 0.2) is 24.3 Å². The minimum Gasteiger partial charge on any atom is -0.452 e. The molecule has 2 rings (SSSR count). The average Bonchev–Trinajstić information content (AvgIpc) is 2.50. The minimum absolute atomic E-state index is 0.114. The summed E-state index contributed by atoms with van der Waals surface area (Å²) in [5.74, 6) is -0.837. The maximum Gasteiger partial charge on any atom is 0.341 e. The predicted molar refractivity (Wildman–Crippen MR) is 80.8 cm³/mol. The van der Waals surface area contributed by atoms with Crippen molar-refractivity contribution in [1.29, 1.82) is 0 Å². The van der Waals surface area contributed by atoms with Crippen LogP contribution in [0.1, 0.15) is 43.5 Å². The fraction of sp³-hybridized carbons (Fsp3) is 0.529. The van der Waals surface area contributed by atoms with Crippen LogP contribution in [0.3, 0.4) is 0 Å². The van der Waals surface area contributed by atoms with E-state index in [4.69, 9.17) is 4.74 Å². The van der Waals surface area contributed by atoms with Gasteiger partial charge in [0.05, 0.1) is 5.56 Å². The van der Waals surface area contributed by atoms with E-state index in [9.17, 15) is 14.0 Å². The first-order chi connectivity index (χ1) is 10.5. The summed E-state index contributed by atoms with van der Waals surface area (Å²) in [5.41, 5.74) is -0.157. The van der Waals surface area contributed by atoms with Crippen molar-refractivity contribution in [3.8, 4) is 0 Å². The third-order valence-electron chi connectivity index (χ3n) is 4.48. The summed E-state index contributed by atoms with van der Waals surface area (Å²) < 4.78 is 18.3. The number of carbonyl (C=O) groups excluding carboxylic acids is 2. The summed E-state index contributed by atoms with van der Waals surface area (Å²) in [6, 6.07) is 5.67. The molecular formula is C17H22FNO3. The molecule has 3 atom stereocenters. The number of halogens is 1. The Balaban J connectivity index is 1.83. The van der Waals surface area contributed by atoms with Crippen molar-refractivity contribution in [3.63, 3.8) is 0 Å². The minimum atomic E-state index is -0.821. The van der Waals surface area contributed by atoms with Crippen molar-refractivity contribution in [2.45, 2.75) is 39.2 Å². The Morgan fingerprint density at radius 2 is 2.00 bits per heavy atom. The van der Waals surface area contributed by atoms with Gasteiger partial charge in [0.25, 0.3) is 5.91 Å². The Labute approximate surface area is 130 Å². The zero-order chi connectivity index (χ0) is 16.1. The standard InChI is InChI=1S/C17H22FNO3/c1-11-6-5-9-15(12(11)2)19-16(20)10-22-17(21)13-7-3-4-8-14(13)18/h3-4,7-8,11-12,15H,5-6,9-10H2,1-2H3,(H,19,20). The van der Waals surface area contributed by atoms with E-state index in [1.54, 1.807) is 6.07 Å². The Morgan fingerprint density at radius 1 is 1.27 bits per heavy atom. The number of esters is 1. The maximum atomic E-state index is 13.4. The summed E-state index contributed by atoms with van der Waals surface area (Å²) in [7, 11) is 0. The molecule has 1 aromatic carbocycles. The number of rotatable bonds is 4. The van der Waals surface area contributed by atoms with Crippen molar-refractivity contribution < 1.29 is 18.7 Å². The van der Waals surface area contributed by atoms with Gasteiger partial charge in [-0.3, -0.25) is 4.79 Å². The SMILES string of the molecule is CC1CCCC(NC(=O)COC(=O)c2ccccc2F)C1C. The van der Waals surface area contributed by atoms with Gasteiger partial charge in [-0.1, -0.05) is 38.8 Å². The predicted octanol–water partition coefficient (Wildman–Crippen LogP) is 2.92. The van der Waals surface area contributed by atoms with E-state index in [-0.39, 0.29) is 24.1 Å². The second kappa shape index (κ2) is 7.38. The molecule has 1 aromatic rings. The Morgan fingerprint density at radius 3 is 2.73 bits per heavy atom. The quantitative estimate of drug-likeness (QED) is 0.870. The first kappa shape index (κ1) is 16.5. The molecule has 22 heavy (non-hydrogen) atoms. The Kier molecular flexibility index (Phi) is 5.52. The summed E-state index contributed by atoms with van der Waals surface area (Å²) in [5, 5.41) is 2.91. The van der Waals surface area contributed by atoms with Gasteiger partial charge in [0.15, 0.2) is 6.61 Å². The van der Waals surface area contributed by atoms with E-state index in [1.165, 1.54) is 24.6 Å². The number of ether oxygens (including phenoxy) is 1. The molecule has 0 saturated heterocycles.